The molecule has 2 heterocycles. The first kappa shape index (κ1) is 23.5. The fourth-order valence-electron chi connectivity index (χ4n) is 3.72. The zero-order chi connectivity index (χ0) is 23.6. The van der Waals surface area contributed by atoms with Crippen LogP contribution in [0.4, 0.5) is 19.4 Å². The minimum Gasteiger partial charge on any atom is -0.488 e. The minimum atomic E-state index is -3.10. The van der Waals surface area contributed by atoms with Crippen molar-refractivity contribution in [3.63, 3.8) is 0 Å². The van der Waals surface area contributed by atoms with Crippen molar-refractivity contribution in [2.75, 3.05) is 18.6 Å². The smallest absolute Gasteiger partial charge is 0.412 e. The number of alkyl halides is 2. The number of amides is 1. The lowest BCUT2D eigenvalue weighted by Crippen LogP contribution is -2.43. The van der Waals surface area contributed by atoms with E-state index in [2.05, 4.69) is 4.98 Å². The van der Waals surface area contributed by atoms with Gasteiger partial charge in [-0.2, -0.15) is 8.78 Å². The maximum absolute atomic E-state index is 13.2. The number of pyridine rings is 1. The molecule has 3 rings (SSSR count). The average molecular weight is 451 g/mol. The molecule has 174 valence electrons. The van der Waals surface area contributed by atoms with Crippen molar-refractivity contribution in [2.24, 2.45) is 11.7 Å². The molecule has 32 heavy (non-hydrogen) atoms. The van der Waals surface area contributed by atoms with E-state index in [9.17, 15) is 18.7 Å². The first-order valence-electron chi connectivity index (χ1n) is 10.1. The Labute approximate surface area is 184 Å². The highest BCUT2D eigenvalue weighted by Gasteiger charge is 2.29. The topological polar surface area (TPSA) is 107 Å². The molecule has 1 aromatic heterocycles. The Kier molecular flexibility index (Phi) is 6.73. The number of nitrogens with zero attached hydrogens (tertiary/aromatic N) is 2. The number of halogens is 2. The quantitative estimate of drug-likeness (QED) is 0.609. The van der Waals surface area contributed by atoms with Crippen LogP contribution in [0.1, 0.15) is 32.8 Å². The minimum absolute atomic E-state index is 0.0530. The van der Waals surface area contributed by atoms with Crippen molar-refractivity contribution < 1.29 is 32.9 Å². The fourth-order valence-corrected chi connectivity index (χ4v) is 3.72. The molecule has 0 saturated carbocycles. The Morgan fingerprint density at radius 2 is 2.09 bits per heavy atom. The molecule has 10 heteroatoms. The van der Waals surface area contributed by atoms with E-state index >= 15 is 0 Å². The molecule has 0 saturated heterocycles. The average Bonchev–Trinajstić information content (AvgIpc) is 2.70. The normalized spacial score (nSPS) is 14.3. The molecule has 0 bridgehead atoms. The summed E-state index contributed by atoms with van der Waals surface area (Å²) in [4.78, 5) is 16.4. The molecular formula is C22H27F2N3O5. The number of aromatic nitrogens is 1. The summed E-state index contributed by atoms with van der Waals surface area (Å²) < 4.78 is 42.8. The Balaban J connectivity index is 2.01. The molecule has 1 atom stereocenters. The van der Waals surface area contributed by atoms with Crippen molar-refractivity contribution in [3.05, 3.63) is 30.0 Å². The maximum Gasteiger partial charge on any atom is 0.412 e. The van der Waals surface area contributed by atoms with E-state index in [4.69, 9.17) is 19.9 Å². The van der Waals surface area contributed by atoms with Crippen LogP contribution in [0.25, 0.3) is 11.1 Å². The van der Waals surface area contributed by atoms with Crippen molar-refractivity contribution >= 4 is 11.9 Å². The molecule has 0 spiro atoms. The summed E-state index contributed by atoms with van der Waals surface area (Å²) in [5.74, 6) is 0.472. The van der Waals surface area contributed by atoms with Crippen molar-refractivity contribution in [1.29, 1.82) is 0 Å². The molecule has 0 aliphatic carbocycles. The molecule has 1 aliphatic rings. The van der Waals surface area contributed by atoms with Gasteiger partial charge in [0.1, 0.15) is 19.0 Å². The fraction of sp³-hybridized carbons (Fsp3) is 0.455. The van der Waals surface area contributed by atoms with Crippen LogP contribution in [-0.2, 0) is 6.61 Å². The van der Waals surface area contributed by atoms with Gasteiger partial charge in [-0.15, -0.1) is 0 Å². The van der Waals surface area contributed by atoms with Crippen LogP contribution >= 0.6 is 0 Å². The second-order valence-corrected chi connectivity index (χ2v) is 8.52. The molecular weight excluding hydrogens is 424 g/mol. The van der Waals surface area contributed by atoms with Gasteiger partial charge in [0.05, 0.1) is 0 Å². The number of nitrogens with two attached hydrogens (primary N) is 1. The lowest BCUT2D eigenvalue weighted by atomic mass is 9.93. The summed E-state index contributed by atoms with van der Waals surface area (Å²) >= 11 is 0. The highest BCUT2D eigenvalue weighted by molar-refractivity contribution is 5.87. The van der Waals surface area contributed by atoms with Gasteiger partial charge in [0, 0.05) is 29.9 Å². The zero-order valence-electron chi connectivity index (χ0n) is 18.4. The van der Waals surface area contributed by atoms with Crippen LogP contribution in [0.2, 0.25) is 0 Å². The number of benzene rings is 1. The van der Waals surface area contributed by atoms with E-state index in [0.29, 0.717) is 29.0 Å². The van der Waals surface area contributed by atoms with E-state index < -0.39 is 18.2 Å². The molecule has 1 aliphatic heterocycles. The Bertz CT molecular complexity index is 998. The number of carboxylic acid groups (broad SMARTS) is 1. The number of hydrogen-bond acceptors (Lipinski definition) is 6. The van der Waals surface area contributed by atoms with Crippen LogP contribution in [0.15, 0.2) is 24.4 Å². The van der Waals surface area contributed by atoms with Gasteiger partial charge in [0.25, 0.3) is 0 Å². The largest absolute Gasteiger partial charge is 0.488 e. The SMILES string of the molecule is CC(C)C[C@](C)(N)COc1ccc2c(c1OC(F)F)OCc1cnc(N(C)C(=O)O)cc1-2. The first-order valence-corrected chi connectivity index (χ1v) is 10.1. The van der Waals surface area contributed by atoms with Crippen LogP contribution in [0, 0.1) is 5.92 Å². The molecule has 0 unspecified atom stereocenters. The van der Waals surface area contributed by atoms with E-state index in [1.807, 2.05) is 20.8 Å². The summed E-state index contributed by atoms with van der Waals surface area (Å²) in [5, 5.41) is 9.22. The summed E-state index contributed by atoms with van der Waals surface area (Å²) in [5.41, 5.74) is 7.38. The van der Waals surface area contributed by atoms with Crippen LogP contribution in [-0.4, -0.2) is 42.0 Å². The van der Waals surface area contributed by atoms with Crippen LogP contribution < -0.4 is 24.8 Å². The van der Waals surface area contributed by atoms with Gasteiger partial charge in [-0.25, -0.2) is 9.78 Å². The first-order chi connectivity index (χ1) is 15.0. The molecule has 2 aromatic rings. The molecule has 8 nitrogen and oxygen atoms in total. The van der Waals surface area contributed by atoms with Crippen LogP contribution in [0.5, 0.6) is 17.2 Å². The van der Waals surface area contributed by atoms with Crippen molar-refractivity contribution in [3.8, 4) is 28.4 Å². The van der Waals surface area contributed by atoms with Crippen LogP contribution in [0.3, 0.4) is 0 Å². The second kappa shape index (κ2) is 9.15. The van der Waals surface area contributed by atoms with Crippen molar-refractivity contribution in [1.82, 2.24) is 4.98 Å². The standard InChI is InChI=1S/C22H27F2N3O5/c1-12(2)8-22(3,25)11-31-16-6-5-14-15-7-17(27(4)21(28)29)26-9-13(15)10-30-18(14)19(16)32-20(23)24/h5-7,9,12,20H,8,10-11,25H2,1-4H3,(H,28,29)/t22-/m0/s1. The van der Waals surface area contributed by atoms with Gasteiger partial charge < -0.3 is 25.1 Å². The summed E-state index contributed by atoms with van der Waals surface area (Å²) in [6, 6.07) is 4.74. The molecule has 0 radical (unpaired) electrons. The number of fused-ring (bicyclic) bond motifs is 3. The Hall–Kier alpha value is -3.14. The molecule has 0 fully saturated rings. The molecule has 1 aromatic carbocycles. The van der Waals surface area contributed by atoms with Gasteiger partial charge in [-0.3, -0.25) is 4.90 Å². The van der Waals surface area contributed by atoms with Gasteiger partial charge in [0.15, 0.2) is 11.5 Å². The van der Waals surface area contributed by atoms with Gasteiger partial charge in [-0.1, -0.05) is 13.8 Å². The maximum atomic E-state index is 13.2. The second-order valence-electron chi connectivity index (χ2n) is 8.52. The van der Waals surface area contributed by atoms with Gasteiger partial charge in [-0.05, 0) is 43.0 Å². The molecule has 1 amide bonds. The third-order valence-corrected chi connectivity index (χ3v) is 4.98. The lowest BCUT2D eigenvalue weighted by molar-refractivity contribution is -0.0534. The molecule has 3 N–H and O–H groups in total. The Morgan fingerprint density at radius 1 is 1.38 bits per heavy atom. The predicted molar refractivity (Wildman–Crippen MR) is 115 cm³/mol. The summed E-state index contributed by atoms with van der Waals surface area (Å²) in [6.07, 6.45) is 0.998. The van der Waals surface area contributed by atoms with E-state index in [1.165, 1.54) is 19.3 Å². The van der Waals surface area contributed by atoms with E-state index in [0.717, 1.165) is 4.90 Å². The van der Waals surface area contributed by atoms with Gasteiger partial charge >= 0.3 is 12.7 Å². The number of rotatable bonds is 8. The zero-order valence-corrected chi connectivity index (χ0v) is 18.4. The lowest BCUT2D eigenvalue weighted by Gasteiger charge is -2.28. The highest BCUT2D eigenvalue weighted by atomic mass is 19.3. The Morgan fingerprint density at radius 3 is 2.72 bits per heavy atom. The third kappa shape index (κ3) is 5.18. The summed E-state index contributed by atoms with van der Waals surface area (Å²) in [7, 11) is 1.36. The number of hydrogen-bond donors (Lipinski definition) is 2. The number of carbonyl (C=O) groups is 1. The highest BCUT2D eigenvalue weighted by Crippen LogP contribution is 2.49. The monoisotopic (exact) mass is 451 g/mol. The van der Waals surface area contributed by atoms with Gasteiger partial charge in [0.2, 0.25) is 5.75 Å². The predicted octanol–water partition coefficient (Wildman–Crippen LogP) is 4.50. The summed E-state index contributed by atoms with van der Waals surface area (Å²) in [6.45, 7) is 2.95. The van der Waals surface area contributed by atoms with Crippen molar-refractivity contribution in [2.45, 2.75) is 45.9 Å². The third-order valence-electron chi connectivity index (χ3n) is 4.98. The number of anilines is 1. The number of ether oxygens (including phenoxy) is 3. The van der Waals surface area contributed by atoms with E-state index in [1.54, 1.807) is 12.1 Å². The van der Waals surface area contributed by atoms with E-state index in [-0.39, 0.29) is 36.3 Å².